The second-order valence-electron chi connectivity index (χ2n) is 7.95. The van der Waals surface area contributed by atoms with Gasteiger partial charge in [0.1, 0.15) is 12.2 Å². The fourth-order valence-corrected chi connectivity index (χ4v) is 3.95. The minimum absolute atomic E-state index is 0.242. The van der Waals surface area contributed by atoms with Gasteiger partial charge in [0, 0.05) is 38.5 Å². The van der Waals surface area contributed by atoms with Gasteiger partial charge in [-0.05, 0) is 0 Å². The lowest BCUT2D eigenvalue weighted by molar-refractivity contribution is 0.122. The molecule has 0 aliphatic carbocycles. The third-order valence-electron chi connectivity index (χ3n) is 5.64. The van der Waals surface area contributed by atoms with E-state index < -0.39 is 11.6 Å². The first-order valence-electron chi connectivity index (χ1n) is 10.7. The smallest absolute Gasteiger partial charge is 0.229 e. The Kier molecular flexibility index (Phi) is 4.83. The van der Waals surface area contributed by atoms with E-state index in [4.69, 9.17) is 14.7 Å². The fourth-order valence-electron chi connectivity index (χ4n) is 3.95. The molecule has 34 heavy (non-hydrogen) atoms. The molecule has 0 amide bonds. The predicted octanol–water partition coefficient (Wildman–Crippen LogP) is 2.15. The first-order chi connectivity index (χ1) is 16.5. The number of aryl methyl sites for hydroxylation is 1. The average Bonchev–Trinajstić information content (AvgIpc) is 3.56. The lowest BCUT2D eigenvalue weighted by Crippen LogP contribution is -2.37. The van der Waals surface area contributed by atoms with Crippen molar-refractivity contribution in [3.8, 4) is 5.69 Å². The number of aromatic amines is 1. The van der Waals surface area contributed by atoms with Crippen molar-refractivity contribution in [2.45, 2.75) is 6.54 Å². The Morgan fingerprint density at radius 3 is 2.74 bits per heavy atom. The maximum Gasteiger partial charge on any atom is 0.229 e. The molecule has 4 aromatic heterocycles. The Hall–Kier alpha value is -4.13. The van der Waals surface area contributed by atoms with E-state index in [-0.39, 0.29) is 6.54 Å². The Bertz CT molecular complexity index is 1460. The maximum atomic E-state index is 13.6. The number of aromatic nitrogens is 8. The van der Waals surface area contributed by atoms with Gasteiger partial charge in [-0.2, -0.15) is 15.1 Å². The molecular formula is C21H20F2N10O. The third-order valence-corrected chi connectivity index (χ3v) is 5.64. The fraction of sp³-hybridized carbons (Fsp3) is 0.286. The highest BCUT2D eigenvalue weighted by Gasteiger charge is 2.20. The Labute approximate surface area is 191 Å². The molecule has 0 unspecified atom stereocenters. The summed E-state index contributed by atoms with van der Waals surface area (Å²) in [5, 5.41) is 7.50. The molecule has 0 bridgehead atoms. The van der Waals surface area contributed by atoms with Gasteiger partial charge in [0.2, 0.25) is 5.95 Å². The van der Waals surface area contributed by atoms with Crippen LogP contribution in [0.1, 0.15) is 5.82 Å². The summed E-state index contributed by atoms with van der Waals surface area (Å²) in [6, 6.07) is 2.16. The topological polar surface area (TPSA) is 115 Å². The summed E-state index contributed by atoms with van der Waals surface area (Å²) in [6.45, 7) is 2.78. The van der Waals surface area contributed by atoms with E-state index in [9.17, 15) is 8.78 Å². The van der Waals surface area contributed by atoms with E-state index in [1.54, 1.807) is 17.2 Å². The standard InChI is InChI=1S/C21H20F2N10O/c1-31-10-12(8-26-31)33-11-25-18-19(29-21(30-20(18)33)32-2-4-34-5-3-32)24-9-17-27-15-6-13(22)14(23)7-16(15)28-17/h6-8,10-11H,2-5,9H2,1H3,(H,27,28)(H,24,29,30). The highest BCUT2D eigenvalue weighted by molar-refractivity contribution is 5.85. The number of H-pyrrole nitrogens is 1. The second-order valence-corrected chi connectivity index (χ2v) is 7.95. The van der Waals surface area contributed by atoms with Crippen LogP contribution in [-0.4, -0.2) is 65.6 Å². The van der Waals surface area contributed by atoms with Crippen LogP contribution in [0.2, 0.25) is 0 Å². The number of hydrogen-bond donors (Lipinski definition) is 2. The zero-order valence-corrected chi connectivity index (χ0v) is 18.2. The first kappa shape index (κ1) is 20.5. The quantitative estimate of drug-likeness (QED) is 0.405. The van der Waals surface area contributed by atoms with Crippen LogP contribution < -0.4 is 10.2 Å². The van der Waals surface area contributed by atoms with Gasteiger partial charge in [-0.3, -0.25) is 9.25 Å². The zero-order valence-electron chi connectivity index (χ0n) is 18.2. The van der Waals surface area contributed by atoms with Crippen LogP contribution in [0.4, 0.5) is 20.5 Å². The molecule has 0 spiro atoms. The van der Waals surface area contributed by atoms with Crippen molar-refractivity contribution in [2.24, 2.45) is 7.05 Å². The van der Waals surface area contributed by atoms with Crippen LogP contribution in [0.3, 0.4) is 0 Å². The minimum atomic E-state index is -0.938. The Balaban J connectivity index is 1.38. The number of fused-ring (bicyclic) bond motifs is 2. The molecule has 174 valence electrons. The third kappa shape index (κ3) is 3.59. The number of anilines is 2. The SMILES string of the molecule is Cn1cc(-n2cnc3c(NCc4nc5cc(F)c(F)cc5[nH]4)nc(N4CCOCC4)nc32)cn1. The van der Waals surface area contributed by atoms with Crippen LogP contribution in [0.5, 0.6) is 0 Å². The molecule has 6 rings (SSSR count). The molecule has 5 heterocycles. The summed E-state index contributed by atoms with van der Waals surface area (Å²) in [5.74, 6) is -0.285. The monoisotopic (exact) mass is 466 g/mol. The molecule has 0 radical (unpaired) electrons. The molecule has 1 aromatic carbocycles. The van der Waals surface area contributed by atoms with Gasteiger partial charge >= 0.3 is 0 Å². The summed E-state index contributed by atoms with van der Waals surface area (Å²) in [6.07, 6.45) is 5.28. The summed E-state index contributed by atoms with van der Waals surface area (Å²) < 4.78 is 36.1. The zero-order chi connectivity index (χ0) is 23.2. The van der Waals surface area contributed by atoms with E-state index >= 15 is 0 Å². The van der Waals surface area contributed by atoms with Crippen molar-refractivity contribution in [2.75, 3.05) is 36.5 Å². The summed E-state index contributed by atoms with van der Waals surface area (Å²) in [5.41, 5.74) is 2.79. The number of rotatable bonds is 5. The van der Waals surface area contributed by atoms with Crippen LogP contribution >= 0.6 is 0 Å². The van der Waals surface area contributed by atoms with Crippen molar-refractivity contribution in [1.82, 2.24) is 39.3 Å². The molecule has 1 fully saturated rings. The molecular weight excluding hydrogens is 446 g/mol. The number of nitrogens with zero attached hydrogens (tertiary/aromatic N) is 8. The van der Waals surface area contributed by atoms with Gasteiger partial charge in [-0.15, -0.1) is 0 Å². The molecule has 0 saturated carbocycles. The molecule has 5 aromatic rings. The maximum absolute atomic E-state index is 13.6. The van der Waals surface area contributed by atoms with Gasteiger partial charge in [0.25, 0.3) is 0 Å². The molecule has 1 saturated heterocycles. The van der Waals surface area contributed by atoms with Gasteiger partial charge in [-0.1, -0.05) is 0 Å². The molecule has 1 aliphatic rings. The Morgan fingerprint density at radius 1 is 1.12 bits per heavy atom. The van der Waals surface area contributed by atoms with E-state index in [1.807, 2.05) is 17.8 Å². The van der Waals surface area contributed by atoms with Gasteiger partial charge in [-0.25, -0.2) is 18.7 Å². The highest BCUT2D eigenvalue weighted by Crippen LogP contribution is 2.26. The van der Waals surface area contributed by atoms with Crippen molar-refractivity contribution >= 4 is 34.0 Å². The molecule has 2 N–H and O–H groups in total. The molecule has 11 nitrogen and oxygen atoms in total. The largest absolute Gasteiger partial charge is 0.378 e. The van der Waals surface area contributed by atoms with Crippen molar-refractivity contribution in [1.29, 1.82) is 0 Å². The van der Waals surface area contributed by atoms with Gasteiger partial charge in [0.05, 0.1) is 42.7 Å². The highest BCUT2D eigenvalue weighted by atomic mass is 19.2. The van der Waals surface area contributed by atoms with E-state index in [0.29, 0.717) is 66.1 Å². The van der Waals surface area contributed by atoms with Crippen molar-refractivity contribution < 1.29 is 13.5 Å². The van der Waals surface area contributed by atoms with Crippen LogP contribution in [0, 0.1) is 11.6 Å². The summed E-state index contributed by atoms with van der Waals surface area (Å²) >= 11 is 0. The van der Waals surface area contributed by atoms with Crippen LogP contribution in [0.15, 0.2) is 30.9 Å². The lowest BCUT2D eigenvalue weighted by atomic mass is 10.3. The number of benzene rings is 1. The van der Waals surface area contributed by atoms with Crippen molar-refractivity contribution in [3.63, 3.8) is 0 Å². The predicted molar refractivity (Wildman–Crippen MR) is 120 cm³/mol. The number of nitrogens with one attached hydrogen (secondary N) is 2. The number of morpholine rings is 1. The van der Waals surface area contributed by atoms with E-state index in [2.05, 4.69) is 30.3 Å². The minimum Gasteiger partial charge on any atom is -0.378 e. The summed E-state index contributed by atoms with van der Waals surface area (Å²) in [7, 11) is 1.84. The number of ether oxygens (including phenoxy) is 1. The lowest BCUT2D eigenvalue weighted by Gasteiger charge is -2.27. The molecule has 1 aliphatic heterocycles. The van der Waals surface area contributed by atoms with Crippen LogP contribution in [-0.2, 0) is 18.3 Å². The normalized spacial score (nSPS) is 14.4. The average molecular weight is 466 g/mol. The van der Waals surface area contributed by atoms with E-state index in [0.717, 1.165) is 17.8 Å². The van der Waals surface area contributed by atoms with Gasteiger partial charge in [0.15, 0.2) is 28.6 Å². The van der Waals surface area contributed by atoms with Crippen molar-refractivity contribution in [3.05, 3.63) is 48.3 Å². The van der Waals surface area contributed by atoms with Gasteiger partial charge < -0.3 is 19.9 Å². The second kappa shape index (κ2) is 8.02. The number of halogens is 2. The Morgan fingerprint density at radius 2 is 1.94 bits per heavy atom. The van der Waals surface area contributed by atoms with E-state index in [1.165, 1.54) is 0 Å². The molecule has 13 heteroatoms. The molecule has 0 atom stereocenters. The number of hydrogen-bond acceptors (Lipinski definition) is 8. The summed E-state index contributed by atoms with van der Waals surface area (Å²) in [4.78, 5) is 23.5. The van der Waals surface area contributed by atoms with Crippen LogP contribution in [0.25, 0.3) is 27.9 Å². The first-order valence-corrected chi connectivity index (χ1v) is 10.7. The number of imidazole rings is 2.